The van der Waals surface area contributed by atoms with Crippen LogP contribution in [0.5, 0.6) is 0 Å². The zero-order chi connectivity index (χ0) is 13.5. The number of carboxylic acid groups (broad SMARTS) is 1. The summed E-state index contributed by atoms with van der Waals surface area (Å²) in [6.07, 6.45) is 2.33. The molecule has 0 unspecified atom stereocenters. The molecule has 0 aromatic rings. The zero-order valence-electron chi connectivity index (χ0n) is 10.9. The number of carboxylic acids is 1. The van der Waals surface area contributed by atoms with Gasteiger partial charge < -0.3 is 15.7 Å². The molecule has 1 atom stereocenters. The lowest BCUT2D eigenvalue weighted by atomic mass is 9.97. The first kappa shape index (κ1) is 16.1. The molecule has 100 valence electrons. The van der Waals surface area contributed by atoms with Crippen LogP contribution in [0.3, 0.4) is 0 Å². The highest BCUT2D eigenvalue weighted by atomic mass is 32.2. The molecular formula is C11H22N2O3S. The van der Waals surface area contributed by atoms with Gasteiger partial charge in [0.25, 0.3) is 0 Å². The van der Waals surface area contributed by atoms with E-state index >= 15 is 0 Å². The van der Waals surface area contributed by atoms with Crippen LogP contribution in [0.1, 0.15) is 27.2 Å². The Morgan fingerprint density at radius 3 is 2.35 bits per heavy atom. The van der Waals surface area contributed by atoms with Gasteiger partial charge in [0.05, 0.1) is 0 Å². The monoisotopic (exact) mass is 262 g/mol. The molecule has 0 rings (SSSR count). The molecule has 0 aliphatic carbocycles. The van der Waals surface area contributed by atoms with E-state index in [1.165, 1.54) is 0 Å². The molecule has 0 spiro atoms. The van der Waals surface area contributed by atoms with Crippen LogP contribution in [0.4, 0.5) is 4.79 Å². The fourth-order valence-corrected chi connectivity index (χ4v) is 1.52. The Bertz CT molecular complexity index is 264. The minimum absolute atomic E-state index is 0.0185. The third-order valence-electron chi connectivity index (χ3n) is 1.99. The predicted molar refractivity (Wildman–Crippen MR) is 70.4 cm³/mol. The average Bonchev–Trinajstić information content (AvgIpc) is 2.19. The quantitative estimate of drug-likeness (QED) is 0.678. The molecule has 0 heterocycles. The molecule has 0 aliphatic heterocycles. The van der Waals surface area contributed by atoms with Gasteiger partial charge in [0, 0.05) is 6.54 Å². The lowest BCUT2D eigenvalue weighted by Gasteiger charge is -2.20. The Morgan fingerprint density at radius 2 is 1.94 bits per heavy atom. The van der Waals surface area contributed by atoms with E-state index < -0.39 is 18.0 Å². The van der Waals surface area contributed by atoms with Crippen molar-refractivity contribution in [2.24, 2.45) is 5.41 Å². The van der Waals surface area contributed by atoms with Gasteiger partial charge in [0.2, 0.25) is 0 Å². The van der Waals surface area contributed by atoms with Gasteiger partial charge in [-0.15, -0.1) is 0 Å². The molecule has 0 radical (unpaired) electrons. The first-order valence-electron chi connectivity index (χ1n) is 5.52. The van der Waals surface area contributed by atoms with Crippen LogP contribution in [0.25, 0.3) is 0 Å². The van der Waals surface area contributed by atoms with E-state index in [1.54, 1.807) is 11.8 Å². The lowest BCUT2D eigenvalue weighted by Crippen LogP contribution is -2.47. The van der Waals surface area contributed by atoms with E-state index in [1.807, 2.05) is 27.0 Å². The summed E-state index contributed by atoms with van der Waals surface area (Å²) in [5, 5.41) is 14.1. The van der Waals surface area contributed by atoms with Crippen molar-refractivity contribution < 1.29 is 14.7 Å². The summed E-state index contributed by atoms with van der Waals surface area (Å²) in [6, 6.07) is -1.24. The Morgan fingerprint density at radius 1 is 1.35 bits per heavy atom. The van der Waals surface area contributed by atoms with Gasteiger partial charge in [-0.1, -0.05) is 20.8 Å². The minimum atomic E-state index is -0.995. The maximum absolute atomic E-state index is 11.5. The van der Waals surface area contributed by atoms with Crippen molar-refractivity contribution in [3.8, 4) is 0 Å². The minimum Gasteiger partial charge on any atom is -0.480 e. The molecule has 0 fully saturated rings. The van der Waals surface area contributed by atoms with E-state index in [2.05, 4.69) is 10.6 Å². The number of rotatable bonds is 6. The fourth-order valence-electron chi connectivity index (χ4n) is 1.05. The summed E-state index contributed by atoms with van der Waals surface area (Å²) in [6.45, 7) is 6.49. The van der Waals surface area contributed by atoms with Crippen LogP contribution in [0.15, 0.2) is 0 Å². The van der Waals surface area contributed by atoms with Gasteiger partial charge in [0.15, 0.2) is 0 Å². The van der Waals surface area contributed by atoms with Crippen LogP contribution in [0.2, 0.25) is 0 Å². The van der Waals surface area contributed by atoms with Gasteiger partial charge in [-0.25, -0.2) is 9.59 Å². The highest BCUT2D eigenvalue weighted by Crippen LogP contribution is 2.10. The topological polar surface area (TPSA) is 78.4 Å². The van der Waals surface area contributed by atoms with E-state index in [9.17, 15) is 9.59 Å². The largest absolute Gasteiger partial charge is 0.480 e. The summed E-state index contributed by atoms with van der Waals surface area (Å²) in [5.74, 6) is -0.291. The van der Waals surface area contributed by atoms with Gasteiger partial charge in [-0.3, -0.25) is 0 Å². The van der Waals surface area contributed by atoms with Gasteiger partial charge in [-0.2, -0.15) is 11.8 Å². The molecule has 0 aromatic carbocycles. The van der Waals surface area contributed by atoms with Gasteiger partial charge in [0.1, 0.15) is 6.04 Å². The third kappa shape index (κ3) is 8.85. The number of aliphatic carboxylic acids is 1. The number of amides is 2. The number of carbonyl (C=O) groups excluding carboxylic acids is 1. The van der Waals surface area contributed by atoms with Crippen LogP contribution in [0, 0.1) is 5.41 Å². The van der Waals surface area contributed by atoms with Crippen molar-refractivity contribution in [3.63, 3.8) is 0 Å². The van der Waals surface area contributed by atoms with Gasteiger partial charge >= 0.3 is 12.0 Å². The lowest BCUT2D eigenvalue weighted by molar-refractivity contribution is -0.139. The van der Waals surface area contributed by atoms with Gasteiger partial charge in [-0.05, 0) is 23.8 Å². The van der Waals surface area contributed by atoms with E-state index in [0.717, 1.165) is 0 Å². The van der Waals surface area contributed by atoms with Crippen molar-refractivity contribution in [1.29, 1.82) is 0 Å². The van der Waals surface area contributed by atoms with Crippen molar-refractivity contribution in [1.82, 2.24) is 10.6 Å². The summed E-state index contributed by atoms with van der Waals surface area (Å²) in [4.78, 5) is 22.4. The second-order valence-electron chi connectivity index (χ2n) is 5.06. The molecular weight excluding hydrogens is 240 g/mol. The second kappa shape index (κ2) is 7.42. The van der Waals surface area contributed by atoms with Crippen molar-refractivity contribution in [2.75, 3.05) is 18.6 Å². The fraction of sp³-hybridized carbons (Fsp3) is 0.818. The highest BCUT2D eigenvalue weighted by Gasteiger charge is 2.20. The van der Waals surface area contributed by atoms with Crippen LogP contribution in [-0.4, -0.2) is 41.7 Å². The molecule has 6 heteroatoms. The van der Waals surface area contributed by atoms with E-state index in [-0.39, 0.29) is 5.41 Å². The molecule has 3 N–H and O–H groups in total. The Kier molecular flexibility index (Phi) is 7.03. The van der Waals surface area contributed by atoms with E-state index in [0.29, 0.717) is 18.7 Å². The first-order chi connectivity index (χ1) is 7.76. The molecule has 17 heavy (non-hydrogen) atoms. The Balaban J connectivity index is 4.08. The normalized spacial score (nSPS) is 12.9. The van der Waals surface area contributed by atoms with Crippen molar-refractivity contribution in [3.05, 3.63) is 0 Å². The summed E-state index contributed by atoms with van der Waals surface area (Å²) in [7, 11) is 0. The second-order valence-corrected chi connectivity index (χ2v) is 6.05. The van der Waals surface area contributed by atoms with E-state index in [4.69, 9.17) is 5.11 Å². The van der Waals surface area contributed by atoms with Crippen molar-refractivity contribution >= 4 is 23.8 Å². The highest BCUT2D eigenvalue weighted by molar-refractivity contribution is 7.98. The maximum atomic E-state index is 11.5. The van der Waals surface area contributed by atoms with Crippen LogP contribution >= 0.6 is 11.8 Å². The molecule has 5 nitrogen and oxygen atoms in total. The summed E-state index contributed by atoms with van der Waals surface area (Å²) >= 11 is 1.56. The number of hydrogen-bond donors (Lipinski definition) is 3. The Labute approximate surface area is 107 Å². The number of carbonyl (C=O) groups is 2. The van der Waals surface area contributed by atoms with Crippen molar-refractivity contribution in [2.45, 2.75) is 33.2 Å². The smallest absolute Gasteiger partial charge is 0.326 e. The average molecular weight is 262 g/mol. The summed E-state index contributed by atoms with van der Waals surface area (Å²) in [5.41, 5.74) is -0.0185. The molecule has 0 aromatic heterocycles. The molecule has 0 aliphatic rings. The summed E-state index contributed by atoms with van der Waals surface area (Å²) < 4.78 is 0. The first-order valence-corrected chi connectivity index (χ1v) is 6.92. The maximum Gasteiger partial charge on any atom is 0.326 e. The molecule has 0 saturated carbocycles. The SMILES string of the molecule is CSCC[C@H](NC(=O)NCC(C)(C)C)C(=O)O. The number of hydrogen-bond acceptors (Lipinski definition) is 3. The zero-order valence-corrected chi connectivity index (χ0v) is 11.7. The van der Waals surface area contributed by atoms with Crippen LogP contribution < -0.4 is 10.6 Å². The number of thioether (sulfide) groups is 1. The Hall–Kier alpha value is -0.910. The third-order valence-corrected chi connectivity index (χ3v) is 2.64. The van der Waals surface area contributed by atoms with Crippen LogP contribution in [-0.2, 0) is 4.79 Å². The molecule has 0 saturated heterocycles. The number of urea groups is 1. The number of nitrogens with one attached hydrogen (secondary N) is 2. The molecule has 0 bridgehead atoms. The standard InChI is InChI=1S/C11H22N2O3S/c1-11(2,3)7-12-10(16)13-8(9(14)15)5-6-17-4/h8H,5-7H2,1-4H3,(H,14,15)(H2,12,13,16)/t8-/m0/s1. The molecule has 2 amide bonds. The predicted octanol–water partition coefficient (Wildman–Crippen LogP) is 1.54.